The molecule has 0 radical (unpaired) electrons. The van der Waals surface area contributed by atoms with E-state index in [1.165, 1.54) is 11.1 Å². The summed E-state index contributed by atoms with van der Waals surface area (Å²) < 4.78 is 25.8. The zero-order valence-corrected chi connectivity index (χ0v) is 45.0. The van der Waals surface area contributed by atoms with Crippen LogP contribution in [0, 0.1) is 0 Å². The Morgan fingerprint density at radius 3 is 1.49 bits per heavy atom. The summed E-state index contributed by atoms with van der Waals surface area (Å²) >= 11 is 6.93. The monoisotopic (exact) mass is 1150 g/mol. The minimum Gasteiger partial charge on any atom is -0.382 e. The normalized spacial score (nSPS) is 21.6. The summed E-state index contributed by atoms with van der Waals surface area (Å²) in [5.74, 6) is 3.15. The number of hydrogen-bond acceptors (Lipinski definition) is 14. The molecule has 3 aromatic carbocycles. The number of rotatable bonds is 2. The molecular weight excluding hydrogens is 1110 g/mol. The molecule has 77 heavy (non-hydrogen) atoms. The summed E-state index contributed by atoms with van der Waals surface area (Å²) in [6.07, 6.45) is 6.15. The average molecular weight is 1150 g/mol. The second kappa shape index (κ2) is 17.9. The fraction of sp³-hybridized carbons (Fsp3) is 0.276. The molecule has 3 aliphatic heterocycles. The molecule has 19 heteroatoms. The number of ether oxygens (including phenoxy) is 3. The number of hydrogen-bond donors (Lipinski definition) is 1. The van der Waals surface area contributed by atoms with Gasteiger partial charge in [-0.2, -0.15) is 0 Å². The Bertz CT molecular complexity index is 4090. The van der Waals surface area contributed by atoms with E-state index < -0.39 is 16.7 Å². The maximum atomic E-state index is 12.9. The number of aromatic nitrogens is 11. The Kier molecular flexibility index (Phi) is 11.2. The molecule has 384 valence electrons. The number of halogens is 2. The fourth-order valence-corrected chi connectivity index (χ4v) is 13.2. The lowest BCUT2D eigenvalue weighted by Crippen LogP contribution is -2.42. The van der Waals surface area contributed by atoms with E-state index in [4.69, 9.17) is 34.1 Å². The quantitative estimate of drug-likeness (QED) is 0.161. The number of fused-ring (bicyclic) bond motifs is 18. The van der Waals surface area contributed by atoms with Gasteiger partial charge in [-0.25, -0.2) is 39.9 Å². The van der Waals surface area contributed by atoms with Crippen LogP contribution < -0.4 is 0 Å². The zero-order valence-electron chi connectivity index (χ0n) is 41.8. The largest absolute Gasteiger partial charge is 0.382 e. The first kappa shape index (κ1) is 48.1. The van der Waals surface area contributed by atoms with Gasteiger partial charge in [-0.3, -0.25) is 23.3 Å². The molecule has 10 aromatic rings. The van der Waals surface area contributed by atoms with Crippen LogP contribution in [-0.4, -0.2) is 90.1 Å². The third-order valence-electron chi connectivity index (χ3n) is 15.8. The van der Waals surface area contributed by atoms with Crippen molar-refractivity contribution in [1.82, 2.24) is 53.6 Å². The van der Waals surface area contributed by atoms with Crippen LogP contribution in [0.5, 0.6) is 0 Å². The summed E-state index contributed by atoms with van der Waals surface area (Å²) in [7, 11) is 0. The second-order valence-corrected chi connectivity index (χ2v) is 22.6. The minimum absolute atomic E-state index is 0.102. The van der Waals surface area contributed by atoms with E-state index in [2.05, 4.69) is 89.8 Å². The number of pyridine rings is 3. The number of aliphatic hydroxyl groups is 1. The van der Waals surface area contributed by atoms with Gasteiger partial charge in [0.25, 0.3) is 0 Å². The van der Waals surface area contributed by atoms with Gasteiger partial charge in [0.05, 0.1) is 31.1 Å². The maximum Gasteiger partial charge on any atom is 0.166 e. The molecule has 1 N–H and O–H groups in total. The van der Waals surface area contributed by atoms with Crippen LogP contribution in [0.25, 0.3) is 44.7 Å². The standard InChI is InChI=1S/C24H21N5O3.C17H12BrN3O2.C17H14BrN3O/c1-23(2,31)22-25-10-14(11-26-22)17-7-8-18-21(28-17)29-20(27-18)12-32-13-24(29)9-19(30)15-5-3-4-6-16(15)24;18-14-6-5-12-16(20-14)21-15(19-12)8-23-9-17(21)7-13(22)10-3-1-2-4-11(10)17;18-14-6-5-13-16(20-14)21-15(19-13)9-22-10-17(21)8-7-11-3-1-2-4-12(11)17/h3-8,10-11,31H,9,12-13H2,1-2H3;1-6H,7-9H2;1-6H,7-10H2. The molecule has 16 rings (SSSR count). The smallest absolute Gasteiger partial charge is 0.166 e. The Morgan fingerprint density at radius 2 is 0.974 bits per heavy atom. The number of benzene rings is 3. The topological polar surface area (TPSA) is 200 Å². The van der Waals surface area contributed by atoms with Gasteiger partial charge in [-0.15, -0.1) is 0 Å². The van der Waals surface area contributed by atoms with Gasteiger partial charge in [0.15, 0.2) is 34.3 Å². The van der Waals surface area contributed by atoms with E-state index in [-0.39, 0.29) is 17.1 Å². The van der Waals surface area contributed by atoms with Crippen molar-refractivity contribution in [3.8, 4) is 11.3 Å². The molecule has 17 nitrogen and oxygen atoms in total. The van der Waals surface area contributed by atoms with Gasteiger partial charge in [0.2, 0.25) is 0 Å². The number of imidazole rings is 3. The molecule has 0 fully saturated rings. The lowest BCUT2D eigenvalue weighted by Gasteiger charge is -2.37. The van der Waals surface area contributed by atoms with E-state index in [1.54, 1.807) is 26.2 Å². The van der Waals surface area contributed by atoms with Crippen molar-refractivity contribution in [2.75, 3.05) is 19.8 Å². The van der Waals surface area contributed by atoms with Crippen LogP contribution in [0.2, 0.25) is 0 Å². The van der Waals surface area contributed by atoms with E-state index in [0.29, 0.717) is 69.6 Å². The Balaban J connectivity index is 0.000000108. The maximum absolute atomic E-state index is 12.9. The van der Waals surface area contributed by atoms with Crippen molar-refractivity contribution in [3.05, 3.63) is 187 Å². The number of nitrogens with zero attached hydrogens (tertiary/aromatic N) is 11. The third kappa shape index (κ3) is 7.52. The SMILES string of the molecule is Brc1ccc2nc3n(c2n1)C1(CCc2ccccc21)COC3.CC(C)(O)c1ncc(-c2ccc3nc4n(c3n2)C2(COC4)CC(=O)c3ccccc32)cn1.O=C1CC2(COCc3nc4ccc(Br)nc4n32)c2ccccc21. The summed E-state index contributed by atoms with van der Waals surface area (Å²) in [5.41, 5.74) is 10.2. The van der Waals surface area contributed by atoms with Gasteiger partial charge < -0.3 is 19.3 Å². The molecule has 3 atom stereocenters. The highest BCUT2D eigenvalue weighted by Crippen LogP contribution is 2.48. The molecule has 10 heterocycles. The van der Waals surface area contributed by atoms with Gasteiger partial charge >= 0.3 is 0 Å². The molecule has 0 amide bonds. The molecule has 6 aliphatic rings. The Labute approximate surface area is 457 Å². The van der Waals surface area contributed by atoms with Crippen LogP contribution in [0.15, 0.2) is 131 Å². The average Bonchev–Trinajstić information content (AvgIpc) is 4.32. The molecule has 3 unspecified atom stereocenters. The van der Waals surface area contributed by atoms with Crippen molar-refractivity contribution < 1.29 is 28.9 Å². The first-order valence-electron chi connectivity index (χ1n) is 25.4. The highest BCUT2D eigenvalue weighted by molar-refractivity contribution is 9.10. The van der Waals surface area contributed by atoms with E-state index in [9.17, 15) is 14.7 Å². The van der Waals surface area contributed by atoms with Gasteiger partial charge in [-0.1, -0.05) is 72.8 Å². The zero-order chi connectivity index (χ0) is 52.4. The lowest BCUT2D eigenvalue weighted by molar-refractivity contribution is 0.0224. The van der Waals surface area contributed by atoms with Crippen molar-refractivity contribution in [2.45, 2.75) is 81.6 Å². The Morgan fingerprint density at radius 1 is 0.532 bits per heavy atom. The van der Waals surface area contributed by atoms with Crippen LogP contribution >= 0.6 is 31.9 Å². The number of carbonyl (C=O) groups excluding carboxylic acids is 2. The van der Waals surface area contributed by atoms with E-state index >= 15 is 0 Å². The summed E-state index contributed by atoms with van der Waals surface area (Å²) in [5, 5.41) is 10.1. The number of aryl methyl sites for hydroxylation is 1. The molecule has 0 saturated heterocycles. The lowest BCUT2D eigenvalue weighted by atomic mass is 9.91. The molecule has 3 aliphatic carbocycles. The molecule has 0 bridgehead atoms. The van der Waals surface area contributed by atoms with Gasteiger partial charge in [0, 0.05) is 41.9 Å². The third-order valence-corrected chi connectivity index (χ3v) is 16.7. The first-order chi connectivity index (χ1) is 37.3. The van der Waals surface area contributed by atoms with Crippen molar-refractivity contribution in [1.29, 1.82) is 0 Å². The van der Waals surface area contributed by atoms with Crippen molar-refractivity contribution in [2.24, 2.45) is 0 Å². The van der Waals surface area contributed by atoms with Gasteiger partial charge in [0.1, 0.15) is 79.7 Å². The summed E-state index contributed by atoms with van der Waals surface area (Å²) in [4.78, 5) is 62.4. The number of ketones is 2. The van der Waals surface area contributed by atoms with Crippen LogP contribution in [0.4, 0.5) is 0 Å². The number of carbonyl (C=O) groups is 2. The highest BCUT2D eigenvalue weighted by Gasteiger charge is 2.51. The molecule has 3 spiro atoms. The Hall–Kier alpha value is -7.26. The minimum atomic E-state index is -1.12. The van der Waals surface area contributed by atoms with Crippen LogP contribution in [-0.2, 0) is 62.7 Å². The number of Topliss-reactive ketones (excluding diaryl/α,β-unsaturated/α-hetero) is 2. The predicted octanol–water partition coefficient (Wildman–Crippen LogP) is 9.44. The van der Waals surface area contributed by atoms with E-state index in [1.807, 2.05) is 84.9 Å². The van der Waals surface area contributed by atoms with E-state index in [0.717, 1.165) is 95.2 Å². The fourth-order valence-electron chi connectivity index (χ4n) is 12.6. The van der Waals surface area contributed by atoms with Crippen LogP contribution in [0.3, 0.4) is 0 Å². The highest BCUT2D eigenvalue weighted by atomic mass is 79.9. The molecule has 0 saturated carbocycles. The van der Waals surface area contributed by atoms with Crippen molar-refractivity contribution in [3.63, 3.8) is 0 Å². The second-order valence-electron chi connectivity index (χ2n) is 21.0. The molecule has 7 aromatic heterocycles. The van der Waals surface area contributed by atoms with Gasteiger partial charge in [-0.05, 0) is 117 Å². The van der Waals surface area contributed by atoms with Crippen molar-refractivity contribution >= 4 is 76.9 Å². The summed E-state index contributed by atoms with van der Waals surface area (Å²) in [6, 6.07) is 35.7. The summed E-state index contributed by atoms with van der Waals surface area (Å²) in [6.45, 7) is 6.19. The van der Waals surface area contributed by atoms with Crippen LogP contribution in [0.1, 0.15) is 99.4 Å². The predicted molar refractivity (Wildman–Crippen MR) is 290 cm³/mol. The first-order valence-corrected chi connectivity index (χ1v) is 27.0. The molecular formula is C58H47Br2N11O6.